The summed E-state index contributed by atoms with van der Waals surface area (Å²) in [6.07, 6.45) is 0.389. The highest BCUT2D eigenvalue weighted by Gasteiger charge is 2.30. The van der Waals surface area contributed by atoms with Crippen LogP contribution in [0.25, 0.3) is 10.9 Å². The number of rotatable bonds is 2. The molecule has 1 aromatic heterocycles. The Bertz CT molecular complexity index is 1170. The lowest BCUT2D eigenvalue weighted by Gasteiger charge is -2.26. The smallest absolute Gasteiger partial charge is 0.432 e. The molecule has 9 nitrogen and oxygen atoms in total. The third kappa shape index (κ3) is 2.86. The highest BCUT2D eigenvalue weighted by Crippen LogP contribution is 2.39. The molecule has 1 aliphatic heterocycles. The zero-order valence-corrected chi connectivity index (χ0v) is 14.9. The normalized spacial score (nSPS) is 14.0. The summed E-state index contributed by atoms with van der Waals surface area (Å²) in [4.78, 5) is 11.4. The zero-order chi connectivity index (χ0) is 20.4. The van der Waals surface area contributed by atoms with Gasteiger partial charge in [0, 0.05) is 16.8 Å². The first kappa shape index (κ1) is 18.4. The third-order valence-electron chi connectivity index (χ3n) is 4.46. The van der Waals surface area contributed by atoms with Crippen LogP contribution in [-0.4, -0.2) is 26.1 Å². The Morgan fingerprint density at radius 3 is 2.43 bits per heavy atom. The molecule has 0 spiro atoms. The molecule has 0 atom stereocenters. The minimum atomic E-state index is -1.29. The SMILES string of the molecule is CC1=C(C#N)C(c2ccc3c(c2)c(NC#CO)nn3C(=O)O)C(C#N)=C(C)N1. The molecular weight excluding hydrogens is 360 g/mol. The number of carboxylic acid groups (broad SMARTS) is 1. The van der Waals surface area contributed by atoms with Crippen LogP contribution in [0.1, 0.15) is 25.3 Å². The van der Waals surface area contributed by atoms with Gasteiger partial charge in [-0.05, 0) is 31.5 Å². The molecule has 0 unspecified atom stereocenters. The van der Waals surface area contributed by atoms with Crippen molar-refractivity contribution in [2.24, 2.45) is 0 Å². The standard InChI is InChI=1S/C19H14N6O3/c1-10-14(8-20)17(15(9-21)11(2)23-10)12-3-4-16-13(7-12)18(22-5-6-26)24-25(16)19(27)28/h3-4,7,17,23,26H,1-2H3,(H,22,24)(H,27,28). The van der Waals surface area contributed by atoms with E-state index >= 15 is 0 Å². The van der Waals surface area contributed by atoms with E-state index in [9.17, 15) is 20.4 Å². The quantitative estimate of drug-likeness (QED) is 0.463. The molecular formula is C19H14N6O3. The maximum absolute atomic E-state index is 11.4. The highest BCUT2D eigenvalue weighted by atomic mass is 16.4. The van der Waals surface area contributed by atoms with Gasteiger partial charge < -0.3 is 15.5 Å². The van der Waals surface area contributed by atoms with Crippen LogP contribution in [0.5, 0.6) is 0 Å². The highest BCUT2D eigenvalue weighted by molar-refractivity contribution is 5.96. The van der Waals surface area contributed by atoms with Crippen LogP contribution >= 0.6 is 0 Å². The van der Waals surface area contributed by atoms with E-state index in [1.807, 2.05) is 0 Å². The first-order valence-corrected chi connectivity index (χ1v) is 8.07. The van der Waals surface area contributed by atoms with Gasteiger partial charge in [-0.3, -0.25) is 5.32 Å². The Morgan fingerprint density at radius 2 is 1.89 bits per heavy atom. The summed E-state index contributed by atoms with van der Waals surface area (Å²) in [5.74, 6) is -0.459. The molecule has 0 amide bonds. The number of hydrogen-bond donors (Lipinski definition) is 4. The number of aliphatic hydroxyl groups excluding tert-OH is 1. The molecule has 4 N–H and O–H groups in total. The number of fused-ring (bicyclic) bond motifs is 1. The van der Waals surface area contributed by atoms with Gasteiger partial charge in [-0.15, -0.1) is 5.10 Å². The summed E-state index contributed by atoms with van der Waals surface area (Å²) in [5, 5.41) is 47.2. The monoisotopic (exact) mass is 374 g/mol. The van der Waals surface area contributed by atoms with Crippen LogP contribution in [0.2, 0.25) is 0 Å². The van der Waals surface area contributed by atoms with Crippen molar-refractivity contribution in [3.05, 3.63) is 46.3 Å². The fourth-order valence-corrected chi connectivity index (χ4v) is 3.26. The average Bonchev–Trinajstić information content (AvgIpc) is 3.04. The second-order valence-electron chi connectivity index (χ2n) is 6.04. The molecule has 0 saturated heterocycles. The summed E-state index contributed by atoms with van der Waals surface area (Å²) in [6.45, 7) is 3.52. The number of aliphatic hydroxyl groups is 1. The van der Waals surface area contributed by atoms with Crippen molar-refractivity contribution in [1.82, 2.24) is 15.1 Å². The second-order valence-corrected chi connectivity index (χ2v) is 6.04. The molecule has 0 fully saturated rings. The number of carbonyl (C=O) groups is 1. The Kier molecular flexibility index (Phi) is 4.64. The average molecular weight is 374 g/mol. The van der Waals surface area contributed by atoms with Crippen LogP contribution in [0.15, 0.2) is 40.7 Å². The van der Waals surface area contributed by atoms with Gasteiger partial charge in [0.05, 0.1) is 40.8 Å². The lowest BCUT2D eigenvalue weighted by Crippen LogP contribution is -2.23. The third-order valence-corrected chi connectivity index (χ3v) is 4.46. The summed E-state index contributed by atoms with van der Waals surface area (Å²) in [5.41, 5.74) is 3.02. The summed E-state index contributed by atoms with van der Waals surface area (Å²) in [7, 11) is 0. The number of anilines is 1. The number of aromatic nitrogens is 2. The Hall–Kier alpha value is -4.42. The van der Waals surface area contributed by atoms with Crippen molar-refractivity contribution in [3.63, 3.8) is 0 Å². The molecule has 1 aliphatic rings. The van der Waals surface area contributed by atoms with Crippen molar-refractivity contribution >= 4 is 22.8 Å². The maximum Gasteiger partial charge on any atom is 0.432 e. The lowest BCUT2D eigenvalue weighted by molar-refractivity contribution is 0.194. The number of nitriles is 2. The molecule has 2 aromatic rings. The molecule has 9 heteroatoms. The molecule has 0 bridgehead atoms. The summed E-state index contributed by atoms with van der Waals surface area (Å²) in [6, 6.07) is 11.4. The number of nitrogens with one attached hydrogen (secondary N) is 2. The van der Waals surface area contributed by atoms with E-state index in [4.69, 9.17) is 5.11 Å². The van der Waals surface area contributed by atoms with Gasteiger partial charge >= 0.3 is 6.09 Å². The summed E-state index contributed by atoms with van der Waals surface area (Å²) >= 11 is 0. The largest absolute Gasteiger partial charge is 0.463 e. The van der Waals surface area contributed by atoms with E-state index in [2.05, 4.69) is 33.9 Å². The van der Waals surface area contributed by atoms with Gasteiger partial charge in [0.1, 0.15) is 6.11 Å². The molecule has 1 aromatic carbocycles. The minimum absolute atomic E-state index is 0.133. The van der Waals surface area contributed by atoms with Crippen molar-refractivity contribution in [2.75, 3.05) is 5.32 Å². The number of hydrogen-bond acceptors (Lipinski definition) is 7. The van der Waals surface area contributed by atoms with Gasteiger partial charge in [-0.2, -0.15) is 15.2 Å². The minimum Gasteiger partial charge on any atom is -0.463 e. The van der Waals surface area contributed by atoms with E-state index in [0.29, 0.717) is 39.0 Å². The van der Waals surface area contributed by atoms with Crippen molar-refractivity contribution in [2.45, 2.75) is 19.8 Å². The van der Waals surface area contributed by atoms with Crippen molar-refractivity contribution in [3.8, 4) is 24.3 Å². The van der Waals surface area contributed by atoms with Gasteiger partial charge in [0.15, 0.2) is 5.82 Å². The van der Waals surface area contributed by atoms with Crippen LogP contribution in [0.4, 0.5) is 10.6 Å². The van der Waals surface area contributed by atoms with E-state index in [1.165, 1.54) is 0 Å². The second kappa shape index (κ2) is 7.06. The van der Waals surface area contributed by atoms with E-state index in [1.54, 1.807) is 38.2 Å². The number of dihydropyridines is 1. The molecule has 0 radical (unpaired) electrons. The first-order chi connectivity index (χ1) is 13.4. The Balaban J connectivity index is 2.27. The van der Waals surface area contributed by atoms with Gasteiger partial charge in [-0.1, -0.05) is 6.07 Å². The van der Waals surface area contributed by atoms with Crippen LogP contribution in [-0.2, 0) is 0 Å². The van der Waals surface area contributed by atoms with Gasteiger partial charge in [-0.25, -0.2) is 4.79 Å². The van der Waals surface area contributed by atoms with E-state index in [0.717, 1.165) is 4.68 Å². The van der Waals surface area contributed by atoms with Crippen molar-refractivity contribution in [1.29, 1.82) is 10.5 Å². The predicted octanol–water partition coefficient (Wildman–Crippen LogP) is 2.55. The van der Waals surface area contributed by atoms with E-state index in [-0.39, 0.29) is 5.82 Å². The fourth-order valence-electron chi connectivity index (χ4n) is 3.26. The van der Waals surface area contributed by atoms with E-state index < -0.39 is 12.0 Å². The molecule has 0 saturated carbocycles. The number of nitrogens with zero attached hydrogens (tertiary/aromatic N) is 4. The topological polar surface area (TPSA) is 147 Å². The Morgan fingerprint density at radius 1 is 1.25 bits per heavy atom. The molecule has 138 valence electrons. The predicted molar refractivity (Wildman–Crippen MR) is 99.0 cm³/mol. The van der Waals surface area contributed by atoms with Crippen LogP contribution in [0.3, 0.4) is 0 Å². The molecule has 28 heavy (non-hydrogen) atoms. The number of allylic oxidation sites excluding steroid dienone is 4. The maximum atomic E-state index is 11.4. The first-order valence-electron chi connectivity index (χ1n) is 8.07. The summed E-state index contributed by atoms with van der Waals surface area (Å²) < 4.78 is 0.779. The zero-order valence-electron chi connectivity index (χ0n) is 14.9. The molecule has 2 heterocycles. The molecule has 0 aliphatic carbocycles. The fraction of sp³-hybridized carbons (Fsp3) is 0.158. The Labute approximate surface area is 159 Å². The number of benzene rings is 1. The van der Waals surface area contributed by atoms with Crippen LogP contribution < -0.4 is 10.6 Å². The van der Waals surface area contributed by atoms with Crippen molar-refractivity contribution < 1.29 is 15.0 Å². The van der Waals surface area contributed by atoms with Gasteiger partial charge in [0.2, 0.25) is 0 Å². The molecule has 3 rings (SSSR count). The van der Waals surface area contributed by atoms with Crippen LogP contribution in [0, 0.1) is 34.8 Å². The lowest BCUT2D eigenvalue weighted by atomic mass is 9.81. The van der Waals surface area contributed by atoms with Gasteiger partial charge in [0.25, 0.3) is 0 Å².